The van der Waals surface area contributed by atoms with Crippen molar-refractivity contribution in [2.24, 2.45) is 5.92 Å². The molecule has 0 radical (unpaired) electrons. The Hall–Kier alpha value is -1.94. The van der Waals surface area contributed by atoms with Gasteiger partial charge in [-0.2, -0.15) is 0 Å². The molecule has 1 unspecified atom stereocenters. The van der Waals surface area contributed by atoms with E-state index in [4.69, 9.17) is 0 Å². The summed E-state index contributed by atoms with van der Waals surface area (Å²) >= 11 is 1.62. The Labute approximate surface area is 180 Å². The zero-order valence-corrected chi connectivity index (χ0v) is 19.2. The summed E-state index contributed by atoms with van der Waals surface area (Å²) in [6, 6.07) is 12.8. The second-order valence-electron chi connectivity index (χ2n) is 7.96. The van der Waals surface area contributed by atoms with Gasteiger partial charge in [-0.05, 0) is 70.1 Å². The van der Waals surface area contributed by atoms with Crippen LogP contribution in [0.15, 0.2) is 36.4 Å². The summed E-state index contributed by atoms with van der Waals surface area (Å²) in [5.74, 6) is 0.396. The van der Waals surface area contributed by atoms with Gasteiger partial charge in [-0.25, -0.2) is 0 Å². The van der Waals surface area contributed by atoms with Crippen molar-refractivity contribution in [1.82, 2.24) is 4.90 Å². The molecule has 0 bridgehead atoms. The highest BCUT2D eigenvalue weighted by molar-refractivity contribution is 7.14. The topological polar surface area (TPSA) is 37.4 Å². The molecule has 0 spiro atoms. The van der Waals surface area contributed by atoms with Crippen molar-refractivity contribution < 1.29 is 9.59 Å². The first kappa shape index (κ1) is 23.3. The van der Waals surface area contributed by atoms with Gasteiger partial charge < -0.3 is 4.90 Å². The van der Waals surface area contributed by atoms with Crippen molar-refractivity contribution in [3.8, 4) is 0 Å². The number of Topliss-reactive ketones (excluding diaryl/α,β-unsaturated/α-hetero) is 1. The van der Waals surface area contributed by atoms with E-state index in [-0.39, 0.29) is 17.6 Å². The van der Waals surface area contributed by atoms with E-state index in [0.717, 1.165) is 43.6 Å². The van der Waals surface area contributed by atoms with Crippen molar-refractivity contribution in [2.75, 3.05) is 13.1 Å². The Morgan fingerprint density at radius 3 is 2.24 bits per heavy atom. The van der Waals surface area contributed by atoms with Gasteiger partial charge in [-0.1, -0.05) is 36.8 Å². The second kappa shape index (κ2) is 11.9. The molecule has 0 N–H and O–H groups in total. The first-order chi connectivity index (χ1) is 13.9. The normalized spacial score (nSPS) is 12.0. The molecule has 0 saturated heterocycles. The third-order valence-corrected chi connectivity index (χ3v) is 6.55. The van der Waals surface area contributed by atoms with E-state index in [2.05, 4.69) is 37.3 Å². The number of hydrogen-bond donors (Lipinski definition) is 0. The minimum atomic E-state index is 0.0793. The molecule has 1 aromatic carbocycles. The Morgan fingerprint density at radius 1 is 0.931 bits per heavy atom. The van der Waals surface area contributed by atoms with Gasteiger partial charge in [0.1, 0.15) is 0 Å². The Balaban J connectivity index is 1.74. The van der Waals surface area contributed by atoms with Gasteiger partial charge in [-0.15, -0.1) is 11.3 Å². The SMILES string of the molecule is CCN(CC)C(=O)CC(C)CC(=O)c1ccc(CCCCc2ccc(C)cc2)s1. The molecule has 0 saturated carbocycles. The first-order valence-corrected chi connectivity index (χ1v) is 11.7. The third-order valence-electron chi connectivity index (χ3n) is 5.37. The van der Waals surface area contributed by atoms with Crippen LogP contribution in [0, 0.1) is 12.8 Å². The van der Waals surface area contributed by atoms with Crippen molar-refractivity contribution in [1.29, 1.82) is 0 Å². The molecule has 2 rings (SSSR count). The van der Waals surface area contributed by atoms with Crippen LogP contribution in [0.1, 0.15) is 72.1 Å². The summed E-state index contributed by atoms with van der Waals surface area (Å²) in [4.78, 5) is 28.8. The van der Waals surface area contributed by atoms with Crippen LogP contribution in [0.4, 0.5) is 0 Å². The number of rotatable bonds is 12. The summed E-state index contributed by atoms with van der Waals surface area (Å²) in [7, 11) is 0. The average Bonchev–Trinajstić information content (AvgIpc) is 3.16. The highest BCUT2D eigenvalue weighted by Gasteiger charge is 2.18. The van der Waals surface area contributed by atoms with E-state index in [1.807, 2.05) is 31.7 Å². The van der Waals surface area contributed by atoms with Gasteiger partial charge in [0.05, 0.1) is 4.88 Å². The maximum absolute atomic E-state index is 12.6. The van der Waals surface area contributed by atoms with Crippen LogP contribution in [-0.4, -0.2) is 29.7 Å². The lowest BCUT2D eigenvalue weighted by Gasteiger charge is -2.20. The van der Waals surface area contributed by atoms with Crippen LogP contribution in [0.25, 0.3) is 0 Å². The number of thiophene rings is 1. The number of carbonyl (C=O) groups excluding carboxylic acids is 2. The lowest BCUT2D eigenvalue weighted by molar-refractivity contribution is -0.131. The quantitative estimate of drug-likeness (QED) is 0.312. The number of unbranched alkanes of at least 4 members (excludes halogenated alkanes) is 1. The third kappa shape index (κ3) is 7.77. The molecule has 0 aliphatic rings. The molecule has 2 aromatic rings. The van der Waals surface area contributed by atoms with Crippen LogP contribution in [0.2, 0.25) is 0 Å². The molecule has 1 aromatic heterocycles. The maximum Gasteiger partial charge on any atom is 0.222 e. The van der Waals surface area contributed by atoms with Gasteiger partial charge in [0.15, 0.2) is 5.78 Å². The Kier molecular flexibility index (Phi) is 9.59. The summed E-state index contributed by atoms with van der Waals surface area (Å²) in [5.41, 5.74) is 2.70. The summed E-state index contributed by atoms with van der Waals surface area (Å²) < 4.78 is 0. The molecular formula is C25H35NO2S. The van der Waals surface area contributed by atoms with Gasteiger partial charge in [-0.3, -0.25) is 9.59 Å². The minimum Gasteiger partial charge on any atom is -0.343 e. The molecule has 1 atom stereocenters. The molecule has 1 amide bonds. The number of nitrogens with zero attached hydrogens (tertiary/aromatic N) is 1. The second-order valence-corrected chi connectivity index (χ2v) is 9.13. The van der Waals surface area contributed by atoms with E-state index in [1.54, 1.807) is 11.3 Å². The lowest BCUT2D eigenvalue weighted by atomic mass is 9.99. The monoisotopic (exact) mass is 413 g/mol. The van der Waals surface area contributed by atoms with E-state index in [9.17, 15) is 9.59 Å². The van der Waals surface area contributed by atoms with Crippen LogP contribution >= 0.6 is 11.3 Å². The minimum absolute atomic E-state index is 0.0793. The first-order valence-electron chi connectivity index (χ1n) is 10.9. The summed E-state index contributed by atoms with van der Waals surface area (Å²) in [6.07, 6.45) is 5.33. The van der Waals surface area contributed by atoms with E-state index < -0.39 is 0 Å². The van der Waals surface area contributed by atoms with Crippen molar-refractivity contribution >= 4 is 23.0 Å². The van der Waals surface area contributed by atoms with Crippen molar-refractivity contribution in [2.45, 2.75) is 66.2 Å². The summed E-state index contributed by atoms with van der Waals surface area (Å²) in [5, 5.41) is 0. The summed E-state index contributed by atoms with van der Waals surface area (Å²) in [6.45, 7) is 9.56. The Morgan fingerprint density at radius 2 is 1.59 bits per heavy atom. The predicted molar refractivity (Wildman–Crippen MR) is 123 cm³/mol. The number of ketones is 1. The molecule has 158 valence electrons. The fourth-order valence-corrected chi connectivity index (χ4v) is 4.54. The largest absolute Gasteiger partial charge is 0.343 e. The van der Waals surface area contributed by atoms with E-state index in [1.165, 1.54) is 16.0 Å². The smallest absolute Gasteiger partial charge is 0.222 e. The van der Waals surface area contributed by atoms with E-state index in [0.29, 0.717) is 12.8 Å². The van der Waals surface area contributed by atoms with Crippen LogP contribution in [0.5, 0.6) is 0 Å². The van der Waals surface area contributed by atoms with Gasteiger partial charge >= 0.3 is 0 Å². The molecular weight excluding hydrogens is 378 g/mol. The zero-order valence-electron chi connectivity index (χ0n) is 18.4. The van der Waals surface area contributed by atoms with Crippen LogP contribution < -0.4 is 0 Å². The number of amides is 1. The number of aryl methyl sites for hydroxylation is 3. The van der Waals surface area contributed by atoms with Gasteiger partial charge in [0.25, 0.3) is 0 Å². The number of benzene rings is 1. The molecule has 3 nitrogen and oxygen atoms in total. The fourth-order valence-electron chi connectivity index (χ4n) is 3.54. The fraction of sp³-hybridized carbons (Fsp3) is 0.520. The molecule has 4 heteroatoms. The highest BCUT2D eigenvalue weighted by atomic mass is 32.1. The molecule has 29 heavy (non-hydrogen) atoms. The lowest BCUT2D eigenvalue weighted by Crippen LogP contribution is -2.31. The maximum atomic E-state index is 12.6. The van der Waals surface area contributed by atoms with Crippen molar-refractivity contribution in [3.05, 3.63) is 57.3 Å². The van der Waals surface area contributed by atoms with Crippen molar-refractivity contribution in [3.63, 3.8) is 0 Å². The van der Waals surface area contributed by atoms with E-state index >= 15 is 0 Å². The average molecular weight is 414 g/mol. The number of hydrogen-bond acceptors (Lipinski definition) is 3. The molecule has 0 fully saturated rings. The van der Waals surface area contributed by atoms with Crippen LogP contribution in [-0.2, 0) is 17.6 Å². The molecule has 0 aliphatic heterocycles. The Bertz CT molecular complexity index is 774. The molecule has 0 aliphatic carbocycles. The number of carbonyl (C=O) groups is 2. The van der Waals surface area contributed by atoms with Gasteiger partial charge in [0, 0.05) is 30.8 Å². The highest BCUT2D eigenvalue weighted by Crippen LogP contribution is 2.23. The zero-order chi connectivity index (χ0) is 21.2. The van der Waals surface area contributed by atoms with Gasteiger partial charge in [0.2, 0.25) is 5.91 Å². The standard InChI is InChI=1S/C25H35NO2S/c1-5-26(6-2)25(28)18-20(4)17-23(27)24-16-15-22(29-24)10-8-7-9-21-13-11-19(3)12-14-21/h11-16,20H,5-10,17-18H2,1-4H3. The van der Waals surface area contributed by atoms with Crippen LogP contribution in [0.3, 0.4) is 0 Å². The predicted octanol–water partition coefficient (Wildman–Crippen LogP) is 6.09. The molecule has 1 heterocycles.